The summed E-state index contributed by atoms with van der Waals surface area (Å²) in [6.45, 7) is 7.47. The Bertz CT molecular complexity index is 125. The van der Waals surface area contributed by atoms with Gasteiger partial charge in [0.1, 0.15) is 0 Å². The van der Waals surface area contributed by atoms with Crippen LogP contribution in [-0.2, 0) is 9.09 Å². The Labute approximate surface area is 73.8 Å². The van der Waals surface area contributed by atoms with Crippen molar-refractivity contribution in [3.63, 3.8) is 0 Å². The van der Waals surface area contributed by atoms with E-state index in [1.807, 2.05) is 0 Å². The quantitative estimate of drug-likeness (QED) is 0.408. The van der Waals surface area contributed by atoms with Crippen molar-refractivity contribution in [2.45, 2.75) is 33.0 Å². The van der Waals surface area contributed by atoms with Gasteiger partial charge in [-0.3, -0.25) is 9.09 Å². The maximum Gasteiger partial charge on any atom is 0.319 e. The first kappa shape index (κ1) is 14.4. The molecule has 5 heteroatoms. The minimum Gasteiger partial charge on any atom is -0.364 e. The second kappa shape index (κ2) is 10.8. The van der Waals surface area contributed by atoms with Crippen molar-refractivity contribution in [2.24, 2.45) is 0 Å². The maximum atomic E-state index is 9.72. The summed E-state index contributed by atoms with van der Waals surface area (Å²) in [7, 11) is -3.02. The minimum atomic E-state index is -3.02. The van der Waals surface area contributed by atoms with Gasteiger partial charge in [0, 0.05) is 0 Å². The van der Waals surface area contributed by atoms with Gasteiger partial charge >= 0.3 is 8.25 Å². The van der Waals surface area contributed by atoms with Crippen LogP contribution in [0.25, 0.3) is 0 Å². The summed E-state index contributed by atoms with van der Waals surface area (Å²) in [4.78, 5) is 7.97. The summed E-state index contributed by atoms with van der Waals surface area (Å²) in [6.07, 6.45) is 2.32. The third-order valence-electron chi connectivity index (χ3n) is 0.923. The predicted molar refractivity (Wildman–Crippen MR) is 49.1 cm³/mol. The lowest BCUT2D eigenvalue weighted by Gasteiger charge is -2.00. The molecule has 12 heavy (non-hydrogen) atoms. The number of aliphatic hydroxyl groups is 1. The van der Waals surface area contributed by atoms with Crippen LogP contribution in [0.2, 0.25) is 0 Å². The van der Waals surface area contributed by atoms with Gasteiger partial charge in [-0.05, 0) is 6.08 Å². The molecule has 0 bridgehead atoms. The Hall–Kier alpha value is -0.150. The van der Waals surface area contributed by atoms with E-state index < -0.39 is 14.5 Å². The molecule has 0 aliphatic rings. The van der Waals surface area contributed by atoms with E-state index in [9.17, 15) is 4.57 Å². The third-order valence-corrected chi connectivity index (χ3v) is 1.37. The van der Waals surface area contributed by atoms with Crippen molar-refractivity contribution >= 4 is 8.25 Å². The van der Waals surface area contributed by atoms with Crippen LogP contribution in [0.15, 0.2) is 12.7 Å². The molecule has 74 valence electrons. The van der Waals surface area contributed by atoms with Gasteiger partial charge in [0.2, 0.25) is 0 Å². The fourth-order valence-corrected chi connectivity index (χ4v) is 0.454. The summed E-state index contributed by atoms with van der Waals surface area (Å²) in [6, 6.07) is 0. The highest BCUT2D eigenvalue weighted by Gasteiger charge is 1.98. The van der Waals surface area contributed by atoms with Crippen LogP contribution in [0.1, 0.15) is 26.7 Å². The summed E-state index contributed by atoms with van der Waals surface area (Å²) in [5.74, 6) is 0. The van der Waals surface area contributed by atoms with Gasteiger partial charge in [-0.2, -0.15) is 0 Å². The summed E-state index contributed by atoms with van der Waals surface area (Å²) in [5, 5.41) is 8.35. The van der Waals surface area contributed by atoms with Gasteiger partial charge in [0.05, 0.1) is 0 Å². The molecule has 0 aromatic carbocycles. The van der Waals surface area contributed by atoms with Gasteiger partial charge in [-0.15, -0.1) is 0 Å². The van der Waals surface area contributed by atoms with E-state index in [0.29, 0.717) is 0 Å². The van der Waals surface area contributed by atoms with Crippen LogP contribution in [-0.4, -0.2) is 16.3 Å². The molecule has 0 heterocycles. The van der Waals surface area contributed by atoms with Gasteiger partial charge in [-0.1, -0.05) is 33.3 Å². The number of rotatable bonds is 4. The van der Waals surface area contributed by atoms with E-state index in [4.69, 9.17) is 10.00 Å². The molecule has 0 aromatic heterocycles. The van der Waals surface area contributed by atoms with Gasteiger partial charge in [0.25, 0.3) is 0 Å². The fraction of sp³-hybridized carbons (Fsp3) is 0.714. The molecule has 0 aromatic rings. The van der Waals surface area contributed by atoms with E-state index in [-0.39, 0.29) is 0 Å². The van der Waals surface area contributed by atoms with Crippen LogP contribution in [0.4, 0.5) is 0 Å². The first-order valence-electron chi connectivity index (χ1n) is 3.78. The van der Waals surface area contributed by atoms with Crippen LogP contribution in [0.5, 0.6) is 0 Å². The second-order valence-electron chi connectivity index (χ2n) is 2.01. The smallest absolute Gasteiger partial charge is 0.319 e. The molecule has 2 atom stereocenters. The fourth-order valence-electron chi connectivity index (χ4n) is 0.151. The number of unbranched alkanes of at least 4 members (excludes halogenated alkanes) is 1. The first-order chi connectivity index (χ1) is 5.58. The third kappa shape index (κ3) is 16.4. The van der Waals surface area contributed by atoms with Crippen LogP contribution < -0.4 is 0 Å². The molecule has 0 fully saturated rings. The van der Waals surface area contributed by atoms with Crippen molar-refractivity contribution in [1.29, 1.82) is 0 Å². The molecule has 4 nitrogen and oxygen atoms in total. The van der Waals surface area contributed by atoms with Crippen LogP contribution in [0, 0.1) is 0 Å². The van der Waals surface area contributed by atoms with Crippen molar-refractivity contribution in [1.82, 2.24) is 0 Å². The highest BCUT2D eigenvalue weighted by atomic mass is 31.1. The zero-order valence-corrected chi connectivity index (χ0v) is 8.49. The highest BCUT2D eigenvalue weighted by molar-refractivity contribution is 7.32. The lowest BCUT2D eigenvalue weighted by molar-refractivity contribution is 0.0231. The van der Waals surface area contributed by atoms with Crippen molar-refractivity contribution in [3.8, 4) is 0 Å². The van der Waals surface area contributed by atoms with E-state index in [1.54, 1.807) is 0 Å². The zero-order valence-electron chi connectivity index (χ0n) is 7.49. The van der Waals surface area contributed by atoms with Crippen molar-refractivity contribution in [2.75, 3.05) is 0 Å². The van der Waals surface area contributed by atoms with E-state index in [1.165, 1.54) is 12.8 Å². The Morgan fingerprint density at radius 3 is 2.08 bits per heavy atom. The summed E-state index contributed by atoms with van der Waals surface area (Å²) >= 11 is 0. The molecule has 0 spiro atoms. The monoisotopic (exact) mass is 196 g/mol. The van der Waals surface area contributed by atoms with E-state index in [2.05, 4.69) is 25.0 Å². The molecular formula is C7H17O4P. The van der Waals surface area contributed by atoms with Gasteiger partial charge in [-0.25, -0.2) is 0 Å². The molecule has 0 radical (unpaired) electrons. The number of hydrogen-bond donors (Lipinski definition) is 2. The van der Waals surface area contributed by atoms with E-state index in [0.717, 1.165) is 6.08 Å². The Kier molecular flexibility index (Phi) is 13.0. The second-order valence-corrected chi connectivity index (χ2v) is 2.78. The predicted octanol–water partition coefficient (Wildman–Crippen LogP) is 1.70. The molecule has 0 saturated heterocycles. The topological polar surface area (TPSA) is 66.8 Å². The highest BCUT2D eigenvalue weighted by Crippen LogP contribution is 2.16. The molecule has 0 amide bonds. The summed E-state index contributed by atoms with van der Waals surface area (Å²) in [5.41, 5.74) is 0. The number of hydrogen-bond acceptors (Lipinski definition) is 3. The Morgan fingerprint density at radius 2 is 2.00 bits per heavy atom. The molecule has 0 aliphatic carbocycles. The first-order valence-corrected chi connectivity index (χ1v) is 5.05. The molecule has 0 rings (SSSR count). The Morgan fingerprint density at radius 1 is 1.58 bits per heavy atom. The van der Waals surface area contributed by atoms with Crippen molar-refractivity contribution in [3.05, 3.63) is 12.7 Å². The average molecular weight is 196 g/mol. The largest absolute Gasteiger partial charge is 0.364 e. The zero-order chi connectivity index (χ0) is 9.98. The SMILES string of the molecule is C=CC(O)O[PH](=O)O.CCCC. The summed E-state index contributed by atoms with van der Waals surface area (Å²) < 4.78 is 13.7. The standard InChI is InChI=1S/C4H10.C3H7O4P/c1-3-4-2;1-2-3(4)7-8(5)6/h3-4H2,1-2H3;2-4,8H,1H2,(H,5,6). The van der Waals surface area contributed by atoms with Crippen LogP contribution in [0.3, 0.4) is 0 Å². The average Bonchev–Trinajstić information content (AvgIpc) is 2.04. The van der Waals surface area contributed by atoms with E-state index >= 15 is 0 Å². The molecule has 2 N–H and O–H groups in total. The molecular weight excluding hydrogens is 179 g/mol. The Balaban J connectivity index is 0. The van der Waals surface area contributed by atoms with Gasteiger partial charge < -0.3 is 10.00 Å². The maximum absolute atomic E-state index is 9.72. The molecule has 2 unspecified atom stereocenters. The normalized spacial score (nSPS) is 14.0. The number of aliphatic hydroxyl groups excluding tert-OH is 1. The van der Waals surface area contributed by atoms with Gasteiger partial charge in [0.15, 0.2) is 6.29 Å². The van der Waals surface area contributed by atoms with Crippen molar-refractivity contribution < 1.29 is 19.1 Å². The molecule has 0 saturated carbocycles. The molecule has 0 aliphatic heterocycles. The minimum absolute atomic E-state index is 1.01. The van der Waals surface area contributed by atoms with Crippen LogP contribution >= 0.6 is 8.25 Å². The lowest BCUT2D eigenvalue weighted by Crippen LogP contribution is -2.00. The lowest BCUT2D eigenvalue weighted by atomic mass is 10.4.